The van der Waals surface area contributed by atoms with Crippen molar-refractivity contribution < 1.29 is 5.11 Å². The summed E-state index contributed by atoms with van der Waals surface area (Å²) in [5.41, 5.74) is 8.68. The van der Waals surface area contributed by atoms with Gasteiger partial charge in [0.1, 0.15) is 0 Å². The standard InChI is InChI=1S/C15H24N2O/c1-12-4-6-13(7-5-12)15(16)8-10-17-9-2-3-14(18)11-17/h4-7,14-15,18H,2-3,8-11,16H2,1H3. The summed E-state index contributed by atoms with van der Waals surface area (Å²) in [5, 5.41) is 9.62. The molecule has 2 rings (SSSR count). The average Bonchev–Trinajstić information content (AvgIpc) is 2.37. The van der Waals surface area contributed by atoms with Crippen LogP contribution >= 0.6 is 0 Å². The summed E-state index contributed by atoms with van der Waals surface area (Å²) in [5.74, 6) is 0. The zero-order valence-electron chi connectivity index (χ0n) is 11.2. The van der Waals surface area contributed by atoms with Crippen molar-refractivity contribution in [3.05, 3.63) is 35.4 Å². The molecular weight excluding hydrogens is 224 g/mol. The van der Waals surface area contributed by atoms with Gasteiger partial charge in [0.25, 0.3) is 0 Å². The van der Waals surface area contributed by atoms with Gasteiger partial charge in [-0.15, -0.1) is 0 Å². The lowest BCUT2D eigenvalue weighted by atomic mass is 10.0. The molecule has 0 saturated carbocycles. The first-order chi connectivity index (χ1) is 8.65. The van der Waals surface area contributed by atoms with Crippen molar-refractivity contribution in [1.82, 2.24) is 4.90 Å². The molecule has 2 atom stereocenters. The number of aliphatic hydroxyl groups is 1. The van der Waals surface area contributed by atoms with E-state index >= 15 is 0 Å². The van der Waals surface area contributed by atoms with Gasteiger partial charge in [-0.2, -0.15) is 0 Å². The second-order valence-electron chi connectivity index (χ2n) is 5.40. The van der Waals surface area contributed by atoms with Gasteiger partial charge in [0.05, 0.1) is 6.10 Å². The zero-order valence-corrected chi connectivity index (χ0v) is 11.2. The largest absolute Gasteiger partial charge is 0.392 e. The van der Waals surface area contributed by atoms with E-state index in [0.29, 0.717) is 0 Å². The Morgan fingerprint density at radius 2 is 2.11 bits per heavy atom. The Balaban J connectivity index is 1.80. The highest BCUT2D eigenvalue weighted by Crippen LogP contribution is 2.17. The fourth-order valence-electron chi connectivity index (χ4n) is 2.54. The number of β-amino-alcohol motifs (C(OH)–C–C–N with tert-alkyl or cyclic N) is 1. The summed E-state index contributed by atoms with van der Waals surface area (Å²) in [7, 11) is 0. The molecule has 3 N–H and O–H groups in total. The van der Waals surface area contributed by atoms with Crippen LogP contribution in [0.15, 0.2) is 24.3 Å². The first-order valence-corrected chi connectivity index (χ1v) is 6.88. The molecule has 0 aliphatic carbocycles. The van der Waals surface area contributed by atoms with Gasteiger partial charge >= 0.3 is 0 Å². The lowest BCUT2D eigenvalue weighted by molar-refractivity contribution is 0.0692. The van der Waals surface area contributed by atoms with E-state index in [4.69, 9.17) is 5.73 Å². The van der Waals surface area contributed by atoms with Gasteiger partial charge in [-0.05, 0) is 38.3 Å². The summed E-state index contributed by atoms with van der Waals surface area (Å²) in [6, 6.07) is 8.56. The van der Waals surface area contributed by atoms with Crippen molar-refractivity contribution in [3.8, 4) is 0 Å². The van der Waals surface area contributed by atoms with Crippen LogP contribution in [0.5, 0.6) is 0 Å². The Morgan fingerprint density at radius 3 is 2.78 bits per heavy atom. The number of nitrogens with two attached hydrogens (primary N) is 1. The Labute approximate surface area is 110 Å². The topological polar surface area (TPSA) is 49.5 Å². The molecular formula is C15H24N2O. The number of aryl methyl sites for hydroxylation is 1. The van der Waals surface area contributed by atoms with Crippen LogP contribution in [0.2, 0.25) is 0 Å². The molecule has 3 nitrogen and oxygen atoms in total. The molecule has 1 aromatic carbocycles. The summed E-state index contributed by atoms with van der Waals surface area (Å²) in [4.78, 5) is 2.32. The van der Waals surface area contributed by atoms with Crippen LogP contribution in [-0.4, -0.2) is 35.7 Å². The Bertz CT molecular complexity index is 363. The Morgan fingerprint density at radius 1 is 1.39 bits per heavy atom. The van der Waals surface area contributed by atoms with Gasteiger partial charge in [0.2, 0.25) is 0 Å². The molecule has 1 aromatic rings. The minimum Gasteiger partial charge on any atom is -0.392 e. The molecule has 1 fully saturated rings. The second-order valence-corrected chi connectivity index (χ2v) is 5.40. The second kappa shape index (κ2) is 6.32. The van der Waals surface area contributed by atoms with E-state index in [9.17, 15) is 5.11 Å². The van der Waals surface area contributed by atoms with Crippen LogP contribution in [0.3, 0.4) is 0 Å². The van der Waals surface area contributed by atoms with Gasteiger partial charge < -0.3 is 15.7 Å². The van der Waals surface area contributed by atoms with Crippen molar-refractivity contribution in [1.29, 1.82) is 0 Å². The number of hydrogen-bond acceptors (Lipinski definition) is 3. The molecule has 1 aliphatic heterocycles. The number of rotatable bonds is 4. The third-order valence-corrected chi connectivity index (χ3v) is 3.74. The molecule has 0 aromatic heterocycles. The highest BCUT2D eigenvalue weighted by molar-refractivity contribution is 5.23. The van der Waals surface area contributed by atoms with Crippen molar-refractivity contribution in [2.45, 2.75) is 38.3 Å². The van der Waals surface area contributed by atoms with Gasteiger partial charge in [-0.25, -0.2) is 0 Å². The van der Waals surface area contributed by atoms with Crippen molar-refractivity contribution >= 4 is 0 Å². The van der Waals surface area contributed by atoms with Crippen LogP contribution in [0.25, 0.3) is 0 Å². The van der Waals surface area contributed by atoms with E-state index in [-0.39, 0.29) is 12.1 Å². The number of benzene rings is 1. The zero-order chi connectivity index (χ0) is 13.0. The summed E-state index contributed by atoms with van der Waals surface area (Å²) >= 11 is 0. The van der Waals surface area contributed by atoms with Gasteiger partial charge in [0.15, 0.2) is 0 Å². The first-order valence-electron chi connectivity index (χ1n) is 6.88. The molecule has 1 aliphatic rings. The average molecular weight is 248 g/mol. The van der Waals surface area contributed by atoms with Crippen molar-refractivity contribution in [2.75, 3.05) is 19.6 Å². The highest BCUT2D eigenvalue weighted by atomic mass is 16.3. The van der Waals surface area contributed by atoms with E-state index in [0.717, 1.165) is 38.9 Å². The first kappa shape index (κ1) is 13.5. The van der Waals surface area contributed by atoms with E-state index < -0.39 is 0 Å². The fraction of sp³-hybridized carbons (Fsp3) is 0.600. The van der Waals surface area contributed by atoms with Crippen LogP contribution in [0.1, 0.15) is 36.4 Å². The minimum absolute atomic E-state index is 0.102. The smallest absolute Gasteiger partial charge is 0.0667 e. The van der Waals surface area contributed by atoms with E-state index in [1.54, 1.807) is 0 Å². The van der Waals surface area contributed by atoms with E-state index in [2.05, 4.69) is 36.1 Å². The molecule has 0 bridgehead atoms. The van der Waals surface area contributed by atoms with Crippen LogP contribution in [0.4, 0.5) is 0 Å². The number of likely N-dealkylation sites (tertiary alicyclic amines) is 1. The third-order valence-electron chi connectivity index (χ3n) is 3.74. The molecule has 2 unspecified atom stereocenters. The molecule has 0 amide bonds. The van der Waals surface area contributed by atoms with Crippen molar-refractivity contribution in [2.24, 2.45) is 5.73 Å². The molecule has 100 valence electrons. The fourth-order valence-corrected chi connectivity index (χ4v) is 2.54. The maximum absolute atomic E-state index is 9.62. The molecule has 0 spiro atoms. The monoisotopic (exact) mass is 248 g/mol. The quantitative estimate of drug-likeness (QED) is 0.855. The number of piperidine rings is 1. The molecule has 0 radical (unpaired) electrons. The molecule has 1 saturated heterocycles. The predicted molar refractivity (Wildman–Crippen MR) is 74.4 cm³/mol. The molecule has 1 heterocycles. The Kier molecular flexibility index (Phi) is 4.75. The predicted octanol–water partition coefficient (Wildman–Crippen LogP) is 1.84. The Hall–Kier alpha value is -0.900. The maximum Gasteiger partial charge on any atom is 0.0667 e. The van der Waals surface area contributed by atoms with E-state index in [1.165, 1.54) is 11.1 Å². The third kappa shape index (κ3) is 3.80. The van der Waals surface area contributed by atoms with E-state index in [1.807, 2.05) is 0 Å². The van der Waals surface area contributed by atoms with Crippen molar-refractivity contribution in [3.63, 3.8) is 0 Å². The lowest BCUT2D eigenvalue weighted by Crippen LogP contribution is -2.39. The molecule has 3 heteroatoms. The normalized spacial score (nSPS) is 22.9. The summed E-state index contributed by atoms with van der Waals surface area (Å²) < 4.78 is 0. The van der Waals surface area contributed by atoms with Crippen LogP contribution in [-0.2, 0) is 0 Å². The minimum atomic E-state index is -0.144. The van der Waals surface area contributed by atoms with Gasteiger partial charge in [0, 0.05) is 19.1 Å². The molecule has 18 heavy (non-hydrogen) atoms. The van der Waals surface area contributed by atoms with Gasteiger partial charge in [-0.3, -0.25) is 0 Å². The highest BCUT2D eigenvalue weighted by Gasteiger charge is 2.18. The number of hydrogen-bond donors (Lipinski definition) is 2. The number of aliphatic hydroxyl groups excluding tert-OH is 1. The maximum atomic E-state index is 9.62. The van der Waals surface area contributed by atoms with Crippen LogP contribution < -0.4 is 5.73 Å². The number of nitrogens with zero attached hydrogens (tertiary/aromatic N) is 1. The summed E-state index contributed by atoms with van der Waals surface area (Å²) in [6.45, 7) is 4.97. The SMILES string of the molecule is Cc1ccc(C(N)CCN2CCCC(O)C2)cc1. The van der Waals surface area contributed by atoms with Crippen LogP contribution in [0, 0.1) is 6.92 Å². The van der Waals surface area contributed by atoms with Gasteiger partial charge in [-0.1, -0.05) is 29.8 Å². The summed E-state index contributed by atoms with van der Waals surface area (Å²) in [6.07, 6.45) is 2.85. The lowest BCUT2D eigenvalue weighted by Gasteiger charge is -2.30.